The predicted molar refractivity (Wildman–Crippen MR) is 180 cm³/mol. The molecule has 3 heteroatoms. The van der Waals surface area contributed by atoms with Gasteiger partial charge in [0.05, 0.1) is 12.7 Å². The van der Waals surface area contributed by atoms with Crippen LogP contribution in [-0.2, 0) is 9.47 Å². The zero-order valence-corrected chi connectivity index (χ0v) is 28.6. The van der Waals surface area contributed by atoms with Gasteiger partial charge in [0.1, 0.15) is 0 Å². The summed E-state index contributed by atoms with van der Waals surface area (Å²) in [7, 11) is 0. The molecule has 230 valence electrons. The molecule has 0 heterocycles. The van der Waals surface area contributed by atoms with E-state index < -0.39 is 0 Å². The van der Waals surface area contributed by atoms with Crippen LogP contribution in [0.2, 0.25) is 0 Å². The Hall–Kier alpha value is 0.650. The number of ether oxygens (including phenoxy) is 2. The Balaban J connectivity index is 3.25. The van der Waals surface area contributed by atoms with Gasteiger partial charge in [-0.3, -0.25) is 0 Å². The van der Waals surface area contributed by atoms with E-state index in [4.69, 9.17) is 9.47 Å². The van der Waals surface area contributed by atoms with E-state index in [1.54, 1.807) is 0 Å². The van der Waals surface area contributed by atoms with Crippen LogP contribution in [0.3, 0.4) is 0 Å². The highest BCUT2D eigenvalue weighted by molar-refractivity contribution is 14.1. The van der Waals surface area contributed by atoms with Gasteiger partial charge in [0.15, 0.2) is 0 Å². The second kappa shape index (κ2) is 35.7. The molecule has 0 saturated heterocycles. The minimum absolute atomic E-state index is 0.282. The zero-order chi connectivity index (χ0) is 27.6. The summed E-state index contributed by atoms with van der Waals surface area (Å²) in [4.78, 5) is 0. The van der Waals surface area contributed by atoms with Crippen LogP contribution >= 0.6 is 22.6 Å². The monoisotopic (exact) mass is 650 g/mol. The van der Waals surface area contributed by atoms with E-state index in [9.17, 15) is 0 Å². The lowest BCUT2D eigenvalue weighted by Crippen LogP contribution is -2.22. The van der Waals surface area contributed by atoms with Gasteiger partial charge in [-0.25, -0.2) is 0 Å². The Labute approximate surface area is 255 Å². The molecule has 0 fully saturated rings. The van der Waals surface area contributed by atoms with Gasteiger partial charge < -0.3 is 9.47 Å². The third kappa shape index (κ3) is 32.9. The van der Waals surface area contributed by atoms with Crippen LogP contribution in [0, 0.1) is 0 Å². The van der Waals surface area contributed by atoms with Crippen LogP contribution in [0.4, 0.5) is 0 Å². The molecule has 0 rings (SSSR count). The molecule has 0 aromatic rings. The fourth-order valence-corrected chi connectivity index (χ4v) is 5.81. The molecule has 0 saturated carbocycles. The molecule has 0 radical (unpaired) electrons. The number of hydrogen-bond acceptors (Lipinski definition) is 2. The summed E-state index contributed by atoms with van der Waals surface area (Å²) in [6, 6.07) is 0. The van der Waals surface area contributed by atoms with Crippen LogP contribution in [0.1, 0.15) is 194 Å². The number of alkyl halides is 1. The quantitative estimate of drug-likeness (QED) is 0.0392. The summed E-state index contributed by atoms with van der Waals surface area (Å²) in [6.45, 7) is 7.19. The summed E-state index contributed by atoms with van der Waals surface area (Å²) < 4.78 is 13.1. The number of unbranched alkanes of at least 4 members (excludes halogenated alkanes) is 26. The first-order valence-corrected chi connectivity index (χ1v) is 19.1. The van der Waals surface area contributed by atoms with E-state index in [0.717, 1.165) is 24.2 Å². The normalized spacial score (nSPS) is 12.4. The van der Waals surface area contributed by atoms with Crippen LogP contribution < -0.4 is 0 Å². The second-order valence-corrected chi connectivity index (χ2v) is 12.8. The number of rotatable bonds is 34. The van der Waals surface area contributed by atoms with Gasteiger partial charge in [0.25, 0.3) is 0 Å². The maximum absolute atomic E-state index is 6.09. The van der Waals surface area contributed by atoms with Crippen molar-refractivity contribution in [1.82, 2.24) is 0 Å². The molecule has 2 nitrogen and oxygen atoms in total. The predicted octanol–water partition coefficient (Wildman–Crippen LogP) is 12.8. The van der Waals surface area contributed by atoms with Crippen molar-refractivity contribution in [2.75, 3.05) is 24.2 Å². The van der Waals surface area contributed by atoms with Crippen LogP contribution in [0.5, 0.6) is 0 Å². The standard InChI is InChI=1S/C35H71IO2/c1-3-5-7-9-11-13-15-17-19-21-23-25-27-29-31-37-34-35(33-36)38-32-30-28-26-24-22-20-18-16-14-12-10-8-6-4-2/h35H,3-34H2,1-2H3. The fourth-order valence-electron chi connectivity index (χ4n) is 5.30. The van der Waals surface area contributed by atoms with Gasteiger partial charge in [0, 0.05) is 17.6 Å². The van der Waals surface area contributed by atoms with Gasteiger partial charge in [-0.1, -0.05) is 203 Å². The lowest BCUT2D eigenvalue weighted by molar-refractivity contribution is -0.00479. The van der Waals surface area contributed by atoms with E-state index in [2.05, 4.69) is 36.4 Å². The molecule has 0 aliphatic rings. The molecule has 0 amide bonds. The Morgan fingerprint density at radius 2 is 0.684 bits per heavy atom. The molecule has 0 spiro atoms. The average molecular weight is 651 g/mol. The molecule has 38 heavy (non-hydrogen) atoms. The lowest BCUT2D eigenvalue weighted by Gasteiger charge is -2.15. The number of halogens is 1. The Kier molecular flexibility index (Phi) is 36.3. The molecule has 0 N–H and O–H groups in total. The molecule has 0 aromatic carbocycles. The van der Waals surface area contributed by atoms with Crippen molar-refractivity contribution in [2.24, 2.45) is 0 Å². The maximum Gasteiger partial charge on any atom is 0.0897 e. The molecular formula is C35H71IO2. The summed E-state index contributed by atoms with van der Waals surface area (Å²) in [6.07, 6.45) is 39.7. The summed E-state index contributed by atoms with van der Waals surface area (Å²) in [5.74, 6) is 0. The van der Waals surface area contributed by atoms with Crippen molar-refractivity contribution in [2.45, 2.75) is 200 Å². The highest BCUT2D eigenvalue weighted by Crippen LogP contribution is 2.14. The smallest absolute Gasteiger partial charge is 0.0897 e. The molecule has 0 aliphatic carbocycles. The fraction of sp³-hybridized carbons (Fsp3) is 1.00. The molecule has 0 bridgehead atoms. The average Bonchev–Trinajstić information content (AvgIpc) is 2.93. The highest BCUT2D eigenvalue weighted by atomic mass is 127. The van der Waals surface area contributed by atoms with E-state index in [-0.39, 0.29) is 6.10 Å². The van der Waals surface area contributed by atoms with Crippen molar-refractivity contribution in [3.05, 3.63) is 0 Å². The molecule has 0 aliphatic heterocycles. The minimum Gasteiger partial charge on any atom is -0.379 e. The maximum atomic E-state index is 6.09. The largest absolute Gasteiger partial charge is 0.379 e. The van der Waals surface area contributed by atoms with Crippen LogP contribution in [0.25, 0.3) is 0 Å². The Morgan fingerprint density at radius 3 is 1.00 bits per heavy atom. The Bertz CT molecular complexity index is 403. The van der Waals surface area contributed by atoms with Crippen LogP contribution in [0.15, 0.2) is 0 Å². The van der Waals surface area contributed by atoms with Crippen LogP contribution in [-0.4, -0.2) is 30.4 Å². The van der Waals surface area contributed by atoms with Gasteiger partial charge >= 0.3 is 0 Å². The highest BCUT2D eigenvalue weighted by Gasteiger charge is 2.07. The van der Waals surface area contributed by atoms with Gasteiger partial charge in [-0.05, 0) is 12.8 Å². The third-order valence-electron chi connectivity index (χ3n) is 7.97. The minimum atomic E-state index is 0.282. The van der Waals surface area contributed by atoms with E-state index in [1.165, 1.54) is 180 Å². The third-order valence-corrected chi connectivity index (χ3v) is 8.95. The van der Waals surface area contributed by atoms with Crippen molar-refractivity contribution < 1.29 is 9.47 Å². The first-order chi connectivity index (χ1) is 18.8. The van der Waals surface area contributed by atoms with E-state index in [0.29, 0.717) is 0 Å². The number of hydrogen-bond donors (Lipinski definition) is 0. The zero-order valence-electron chi connectivity index (χ0n) is 26.4. The molecule has 0 aromatic heterocycles. The lowest BCUT2D eigenvalue weighted by atomic mass is 10.0. The van der Waals surface area contributed by atoms with E-state index in [1.807, 2.05) is 0 Å². The molecule has 1 unspecified atom stereocenters. The van der Waals surface area contributed by atoms with Crippen molar-refractivity contribution in [3.8, 4) is 0 Å². The summed E-state index contributed by atoms with van der Waals surface area (Å²) in [5, 5.41) is 0. The first kappa shape index (κ1) is 38.6. The van der Waals surface area contributed by atoms with Gasteiger partial charge in [-0.15, -0.1) is 0 Å². The summed E-state index contributed by atoms with van der Waals surface area (Å²) >= 11 is 2.45. The van der Waals surface area contributed by atoms with E-state index >= 15 is 0 Å². The van der Waals surface area contributed by atoms with Crippen molar-refractivity contribution >= 4 is 22.6 Å². The van der Waals surface area contributed by atoms with Crippen molar-refractivity contribution in [1.29, 1.82) is 0 Å². The first-order valence-electron chi connectivity index (χ1n) is 17.6. The molecular weight excluding hydrogens is 579 g/mol. The Morgan fingerprint density at radius 1 is 0.395 bits per heavy atom. The van der Waals surface area contributed by atoms with Gasteiger partial charge in [-0.2, -0.15) is 0 Å². The van der Waals surface area contributed by atoms with Crippen molar-refractivity contribution in [3.63, 3.8) is 0 Å². The SMILES string of the molecule is CCCCCCCCCCCCCCCCOCC(CI)OCCCCCCCCCCCCCCCC. The topological polar surface area (TPSA) is 18.5 Å². The summed E-state index contributed by atoms with van der Waals surface area (Å²) in [5.41, 5.74) is 0. The second-order valence-electron chi connectivity index (χ2n) is 11.9. The molecule has 1 atom stereocenters. The van der Waals surface area contributed by atoms with Gasteiger partial charge in [0.2, 0.25) is 0 Å².